The summed E-state index contributed by atoms with van der Waals surface area (Å²) in [5.41, 5.74) is 4.16. The summed E-state index contributed by atoms with van der Waals surface area (Å²) in [5.74, 6) is 0.186. The molecule has 0 unspecified atom stereocenters. The summed E-state index contributed by atoms with van der Waals surface area (Å²) in [7, 11) is 0. The molecule has 0 radical (unpaired) electrons. The number of aryl methyl sites for hydroxylation is 3. The molecule has 3 rings (SSSR count). The first-order valence-corrected chi connectivity index (χ1v) is 9.07. The SMILES string of the molecule is CCc1ncc(C(=O)Nc2ccc(C)c(NC(=O)c3ccc(C)cc3)c2)cn1. The van der Waals surface area contributed by atoms with Gasteiger partial charge in [-0.2, -0.15) is 0 Å². The third-order valence-corrected chi connectivity index (χ3v) is 4.34. The second-order valence-corrected chi connectivity index (χ2v) is 6.55. The number of carbonyl (C=O) groups is 2. The largest absolute Gasteiger partial charge is 0.322 e. The summed E-state index contributed by atoms with van der Waals surface area (Å²) in [6.45, 7) is 5.82. The van der Waals surface area contributed by atoms with Crippen molar-refractivity contribution in [2.75, 3.05) is 10.6 Å². The number of hydrogen-bond acceptors (Lipinski definition) is 4. The molecule has 0 aliphatic rings. The molecule has 0 aliphatic heterocycles. The quantitative estimate of drug-likeness (QED) is 0.702. The highest BCUT2D eigenvalue weighted by Crippen LogP contribution is 2.21. The highest BCUT2D eigenvalue weighted by Gasteiger charge is 2.11. The maximum Gasteiger partial charge on any atom is 0.258 e. The predicted octanol–water partition coefficient (Wildman–Crippen LogP) is 4.16. The summed E-state index contributed by atoms with van der Waals surface area (Å²) in [5, 5.41) is 5.71. The zero-order chi connectivity index (χ0) is 20.1. The smallest absolute Gasteiger partial charge is 0.258 e. The zero-order valence-electron chi connectivity index (χ0n) is 16.1. The van der Waals surface area contributed by atoms with Gasteiger partial charge in [-0.15, -0.1) is 0 Å². The van der Waals surface area contributed by atoms with Crippen molar-refractivity contribution in [2.45, 2.75) is 27.2 Å². The molecule has 0 bridgehead atoms. The van der Waals surface area contributed by atoms with Crippen LogP contribution >= 0.6 is 0 Å². The van der Waals surface area contributed by atoms with Crippen LogP contribution in [-0.2, 0) is 6.42 Å². The molecule has 0 fully saturated rings. The van der Waals surface area contributed by atoms with Gasteiger partial charge < -0.3 is 10.6 Å². The molecule has 1 aromatic heterocycles. The number of amides is 2. The van der Waals surface area contributed by atoms with E-state index in [1.165, 1.54) is 12.4 Å². The first kappa shape index (κ1) is 19.2. The molecule has 28 heavy (non-hydrogen) atoms. The topological polar surface area (TPSA) is 84.0 Å². The number of benzene rings is 2. The zero-order valence-corrected chi connectivity index (χ0v) is 16.1. The standard InChI is InChI=1S/C22H22N4O2/c1-4-20-23-12-17(13-24-20)22(28)25-18-10-7-15(3)19(11-18)26-21(27)16-8-5-14(2)6-9-16/h5-13H,4H2,1-3H3,(H,25,28)(H,26,27). The fourth-order valence-electron chi connectivity index (χ4n) is 2.59. The van der Waals surface area contributed by atoms with Crippen LogP contribution in [0.3, 0.4) is 0 Å². The minimum Gasteiger partial charge on any atom is -0.322 e. The van der Waals surface area contributed by atoms with Crippen LogP contribution in [0.4, 0.5) is 11.4 Å². The lowest BCUT2D eigenvalue weighted by Crippen LogP contribution is -2.15. The summed E-state index contributed by atoms with van der Waals surface area (Å²) in [6.07, 6.45) is 3.73. The average Bonchev–Trinajstić information content (AvgIpc) is 2.71. The van der Waals surface area contributed by atoms with E-state index in [4.69, 9.17) is 0 Å². The lowest BCUT2D eigenvalue weighted by molar-refractivity contribution is 0.101. The number of carbonyl (C=O) groups excluding carboxylic acids is 2. The van der Waals surface area contributed by atoms with Crippen LogP contribution in [0.15, 0.2) is 54.9 Å². The van der Waals surface area contributed by atoms with E-state index >= 15 is 0 Å². The van der Waals surface area contributed by atoms with Gasteiger partial charge in [-0.05, 0) is 43.7 Å². The first-order chi connectivity index (χ1) is 13.5. The number of nitrogens with zero attached hydrogens (tertiary/aromatic N) is 2. The Bertz CT molecular complexity index is 996. The molecule has 0 saturated carbocycles. The van der Waals surface area contributed by atoms with E-state index in [1.807, 2.05) is 39.0 Å². The highest BCUT2D eigenvalue weighted by atomic mass is 16.2. The van der Waals surface area contributed by atoms with Crippen molar-refractivity contribution >= 4 is 23.2 Å². The Morgan fingerprint density at radius 1 is 0.857 bits per heavy atom. The second-order valence-electron chi connectivity index (χ2n) is 6.55. The van der Waals surface area contributed by atoms with Crippen molar-refractivity contribution in [3.05, 3.63) is 82.9 Å². The summed E-state index contributed by atoms with van der Waals surface area (Å²) >= 11 is 0. The van der Waals surface area contributed by atoms with Gasteiger partial charge in [-0.25, -0.2) is 9.97 Å². The predicted molar refractivity (Wildman–Crippen MR) is 110 cm³/mol. The van der Waals surface area contributed by atoms with Crippen molar-refractivity contribution in [3.8, 4) is 0 Å². The maximum absolute atomic E-state index is 12.5. The van der Waals surface area contributed by atoms with Crippen molar-refractivity contribution < 1.29 is 9.59 Å². The number of anilines is 2. The van der Waals surface area contributed by atoms with Crippen LogP contribution in [0, 0.1) is 13.8 Å². The fraction of sp³-hybridized carbons (Fsp3) is 0.182. The molecule has 0 spiro atoms. The lowest BCUT2D eigenvalue weighted by Gasteiger charge is -2.12. The van der Waals surface area contributed by atoms with Crippen molar-refractivity contribution in [2.24, 2.45) is 0 Å². The van der Waals surface area contributed by atoms with Crippen molar-refractivity contribution in [1.82, 2.24) is 9.97 Å². The maximum atomic E-state index is 12.5. The van der Waals surface area contributed by atoms with E-state index in [9.17, 15) is 9.59 Å². The summed E-state index contributed by atoms with van der Waals surface area (Å²) < 4.78 is 0. The van der Waals surface area contributed by atoms with E-state index in [-0.39, 0.29) is 11.8 Å². The summed E-state index contributed by atoms with van der Waals surface area (Å²) in [6, 6.07) is 12.7. The third kappa shape index (κ3) is 4.59. The minimum absolute atomic E-state index is 0.199. The Morgan fingerprint density at radius 3 is 2.14 bits per heavy atom. The molecule has 1 heterocycles. The molecule has 6 nitrogen and oxygen atoms in total. The number of nitrogens with one attached hydrogen (secondary N) is 2. The molecule has 0 saturated heterocycles. The molecule has 2 amide bonds. The second kappa shape index (κ2) is 8.43. The van der Waals surface area contributed by atoms with Gasteiger partial charge in [0.15, 0.2) is 0 Å². The Hall–Kier alpha value is -3.54. The molecule has 3 aromatic rings. The number of hydrogen-bond donors (Lipinski definition) is 2. The van der Waals surface area contributed by atoms with Gasteiger partial charge in [-0.1, -0.05) is 30.7 Å². The number of aromatic nitrogens is 2. The third-order valence-electron chi connectivity index (χ3n) is 4.34. The van der Waals surface area contributed by atoms with E-state index in [0.29, 0.717) is 34.7 Å². The molecule has 2 aromatic carbocycles. The number of rotatable bonds is 5. The van der Waals surface area contributed by atoms with E-state index in [2.05, 4.69) is 20.6 Å². The Labute approximate surface area is 164 Å². The van der Waals surface area contributed by atoms with E-state index in [0.717, 1.165) is 11.1 Å². The minimum atomic E-state index is -0.303. The molecule has 6 heteroatoms. The van der Waals surface area contributed by atoms with E-state index in [1.54, 1.807) is 24.3 Å². The lowest BCUT2D eigenvalue weighted by atomic mass is 10.1. The fourth-order valence-corrected chi connectivity index (χ4v) is 2.59. The van der Waals surface area contributed by atoms with Gasteiger partial charge in [0, 0.05) is 35.8 Å². The first-order valence-electron chi connectivity index (χ1n) is 9.07. The van der Waals surface area contributed by atoms with Gasteiger partial charge in [0.2, 0.25) is 0 Å². The normalized spacial score (nSPS) is 10.4. The Kier molecular flexibility index (Phi) is 5.79. The monoisotopic (exact) mass is 374 g/mol. The van der Waals surface area contributed by atoms with Gasteiger partial charge >= 0.3 is 0 Å². The van der Waals surface area contributed by atoms with E-state index < -0.39 is 0 Å². The van der Waals surface area contributed by atoms with Crippen molar-refractivity contribution in [1.29, 1.82) is 0 Å². The molecule has 2 N–H and O–H groups in total. The van der Waals surface area contributed by atoms with Crippen LogP contribution in [-0.4, -0.2) is 21.8 Å². The van der Waals surface area contributed by atoms with Gasteiger partial charge in [0.25, 0.3) is 11.8 Å². The molecular weight excluding hydrogens is 352 g/mol. The average molecular weight is 374 g/mol. The van der Waals surface area contributed by atoms with Gasteiger partial charge in [0.05, 0.1) is 5.56 Å². The van der Waals surface area contributed by atoms with Gasteiger partial charge in [0.1, 0.15) is 5.82 Å². The van der Waals surface area contributed by atoms with Crippen LogP contribution in [0.5, 0.6) is 0 Å². The Balaban J connectivity index is 1.74. The van der Waals surface area contributed by atoms with Crippen LogP contribution in [0.2, 0.25) is 0 Å². The molecule has 0 atom stereocenters. The Morgan fingerprint density at radius 2 is 1.50 bits per heavy atom. The van der Waals surface area contributed by atoms with Crippen LogP contribution < -0.4 is 10.6 Å². The van der Waals surface area contributed by atoms with Crippen LogP contribution in [0.1, 0.15) is 44.6 Å². The molecule has 142 valence electrons. The summed E-state index contributed by atoms with van der Waals surface area (Å²) in [4.78, 5) is 33.2. The van der Waals surface area contributed by atoms with Gasteiger partial charge in [-0.3, -0.25) is 9.59 Å². The van der Waals surface area contributed by atoms with Crippen LogP contribution in [0.25, 0.3) is 0 Å². The molecule has 0 aliphatic carbocycles. The molecular formula is C22H22N4O2. The van der Waals surface area contributed by atoms with Crippen molar-refractivity contribution in [3.63, 3.8) is 0 Å². The highest BCUT2D eigenvalue weighted by molar-refractivity contribution is 6.06.